The molecule has 1 aromatic carbocycles. The molecule has 3 amide bonds. The average Bonchev–Trinajstić information content (AvgIpc) is 3.55. The van der Waals surface area contributed by atoms with Crippen molar-refractivity contribution in [3.05, 3.63) is 45.9 Å². The number of aromatic nitrogens is 1. The molecule has 2 saturated heterocycles. The van der Waals surface area contributed by atoms with Gasteiger partial charge in [0.15, 0.2) is 0 Å². The normalized spacial score (nSPS) is 15.7. The average molecular weight is 630 g/mol. The first-order valence-electron chi connectivity index (χ1n) is 14.7. The van der Waals surface area contributed by atoms with Crippen LogP contribution in [-0.4, -0.2) is 78.0 Å². The van der Waals surface area contributed by atoms with Crippen molar-refractivity contribution in [3.8, 4) is 16.9 Å². The number of rotatable bonds is 10. The van der Waals surface area contributed by atoms with Crippen molar-refractivity contribution in [1.82, 2.24) is 14.8 Å². The minimum Gasteiger partial charge on any atom is -0.489 e. The highest BCUT2D eigenvalue weighted by molar-refractivity contribution is 7.19. The Bertz CT molecular complexity index is 1420. The van der Waals surface area contributed by atoms with Crippen LogP contribution in [0.3, 0.4) is 0 Å². The summed E-state index contributed by atoms with van der Waals surface area (Å²) in [4.78, 5) is 45.5. The molecule has 0 saturated carbocycles. The highest BCUT2D eigenvalue weighted by Crippen LogP contribution is 2.42. The molecule has 2 aromatic heterocycles. The Hall–Kier alpha value is -3.09. The molecule has 0 atom stereocenters. The van der Waals surface area contributed by atoms with E-state index in [4.69, 9.17) is 32.5 Å². The van der Waals surface area contributed by atoms with Crippen LogP contribution >= 0.6 is 22.9 Å². The molecule has 232 valence electrons. The summed E-state index contributed by atoms with van der Waals surface area (Å²) >= 11 is 8.04. The number of carbonyl (C=O) groups is 3. The smallest absolute Gasteiger partial charge is 0.230 e. The molecular weight excluding hydrogens is 590 g/mol. The molecule has 4 heterocycles. The number of amides is 3. The SMILES string of the molecule is CCN.Cc1cc(Cl)cc(-c2ccnc3cc(CN4C(=O)CCC4=O)sc23)c1OC1CCN(C(=O)CCOCCN)CC1. The number of carbonyl (C=O) groups excluding carboxylic acids is 3. The molecule has 0 bridgehead atoms. The van der Waals surface area contributed by atoms with E-state index >= 15 is 0 Å². The Kier molecular flexibility index (Phi) is 11.9. The van der Waals surface area contributed by atoms with E-state index in [0.29, 0.717) is 44.3 Å². The summed E-state index contributed by atoms with van der Waals surface area (Å²) in [5.74, 6) is 0.578. The molecule has 2 aliphatic rings. The van der Waals surface area contributed by atoms with Crippen molar-refractivity contribution in [2.24, 2.45) is 11.5 Å². The quantitative estimate of drug-likeness (QED) is 0.250. The molecule has 5 rings (SSSR count). The predicted molar refractivity (Wildman–Crippen MR) is 169 cm³/mol. The Morgan fingerprint density at radius 2 is 1.79 bits per heavy atom. The summed E-state index contributed by atoms with van der Waals surface area (Å²) < 4.78 is 12.9. The van der Waals surface area contributed by atoms with Crippen molar-refractivity contribution < 1.29 is 23.9 Å². The van der Waals surface area contributed by atoms with Crippen LogP contribution in [0.15, 0.2) is 30.5 Å². The lowest BCUT2D eigenvalue weighted by Crippen LogP contribution is -2.42. The van der Waals surface area contributed by atoms with Gasteiger partial charge in [-0.25, -0.2) is 0 Å². The van der Waals surface area contributed by atoms with Gasteiger partial charge >= 0.3 is 0 Å². The molecule has 10 nitrogen and oxygen atoms in total. The summed E-state index contributed by atoms with van der Waals surface area (Å²) in [6.45, 7) is 7.44. The van der Waals surface area contributed by atoms with E-state index in [2.05, 4.69) is 4.98 Å². The fraction of sp³-hybridized carbons (Fsp3) is 0.484. The number of imide groups is 1. The first-order chi connectivity index (χ1) is 20.7. The molecule has 12 heteroatoms. The number of aryl methyl sites for hydroxylation is 1. The van der Waals surface area contributed by atoms with Gasteiger partial charge in [-0.3, -0.25) is 24.3 Å². The third-order valence-corrected chi connectivity index (χ3v) is 8.62. The number of hydrogen-bond donors (Lipinski definition) is 2. The number of pyridine rings is 1. The van der Waals surface area contributed by atoms with Crippen molar-refractivity contribution >= 4 is 50.9 Å². The van der Waals surface area contributed by atoms with Gasteiger partial charge in [0.25, 0.3) is 0 Å². The van der Waals surface area contributed by atoms with Gasteiger partial charge in [0, 0.05) is 72.5 Å². The first kappa shape index (κ1) is 32.8. The molecule has 3 aromatic rings. The van der Waals surface area contributed by atoms with Gasteiger partial charge in [0.05, 0.1) is 36.4 Å². The highest BCUT2D eigenvalue weighted by atomic mass is 35.5. The maximum absolute atomic E-state index is 12.5. The zero-order chi connectivity index (χ0) is 30.9. The number of hydrogen-bond acceptors (Lipinski definition) is 9. The van der Waals surface area contributed by atoms with Crippen LogP contribution in [0.4, 0.5) is 0 Å². The van der Waals surface area contributed by atoms with Crippen LogP contribution in [0.2, 0.25) is 5.02 Å². The van der Waals surface area contributed by atoms with Gasteiger partial charge in [-0.15, -0.1) is 11.3 Å². The largest absolute Gasteiger partial charge is 0.489 e. The first-order valence-corrected chi connectivity index (χ1v) is 15.9. The summed E-state index contributed by atoms with van der Waals surface area (Å²) in [6.07, 6.45) is 4.06. The number of piperidine rings is 1. The highest BCUT2D eigenvalue weighted by Gasteiger charge is 2.30. The Balaban J connectivity index is 0.00000135. The Morgan fingerprint density at radius 1 is 1.09 bits per heavy atom. The lowest BCUT2D eigenvalue weighted by Gasteiger charge is -2.33. The maximum Gasteiger partial charge on any atom is 0.230 e. The minimum atomic E-state index is -0.135. The van der Waals surface area contributed by atoms with Gasteiger partial charge < -0.3 is 25.8 Å². The van der Waals surface area contributed by atoms with Crippen LogP contribution in [0, 0.1) is 6.92 Å². The lowest BCUT2D eigenvalue weighted by molar-refractivity contribution is -0.139. The van der Waals surface area contributed by atoms with Crippen LogP contribution in [0.1, 0.15) is 49.5 Å². The summed E-state index contributed by atoms with van der Waals surface area (Å²) in [5, 5.41) is 0.604. The van der Waals surface area contributed by atoms with E-state index in [0.717, 1.165) is 56.9 Å². The predicted octanol–water partition coefficient (Wildman–Crippen LogP) is 4.27. The molecular formula is C31H40ClN5O5S. The van der Waals surface area contributed by atoms with Crippen molar-refractivity contribution in [2.45, 2.75) is 58.6 Å². The molecule has 0 spiro atoms. The fourth-order valence-electron chi connectivity index (χ4n) is 5.21. The van der Waals surface area contributed by atoms with Crippen molar-refractivity contribution in [2.75, 3.05) is 39.4 Å². The lowest BCUT2D eigenvalue weighted by atomic mass is 10.0. The summed E-state index contributed by atoms with van der Waals surface area (Å²) in [6, 6.07) is 7.68. The number of nitrogens with zero attached hydrogens (tertiary/aromatic N) is 3. The van der Waals surface area contributed by atoms with E-state index < -0.39 is 0 Å². The van der Waals surface area contributed by atoms with Gasteiger partial charge in [-0.2, -0.15) is 0 Å². The number of ether oxygens (including phenoxy) is 2. The topological polar surface area (TPSA) is 141 Å². The monoisotopic (exact) mass is 629 g/mol. The number of thiophene rings is 1. The number of nitrogens with two attached hydrogens (primary N) is 2. The zero-order valence-corrected chi connectivity index (χ0v) is 26.3. The van der Waals surface area contributed by atoms with Crippen LogP contribution in [0.5, 0.6) is 5.75 Å². The van der Waals surface area contributed by atoms with Crippen LogP contribution in [0.25, 0.3) is 21.3 Å². The maximum atomic E-state index is 12.5. The molecule has 0 radical (unpaired) electrons. The molecule has 0 aliphatic carbocycles. The second-order valence-electron chi connectivity index (χ2n) is 10.5. The molecule has 2 fully saturated rings. The van der Waals surface area contributed by atoms with Crippen molar-refractivity contribution in [1.29, 1.82) is 0 Å². The number of benzene rings is 1. The van der Waals surface area contributed by atoms with Crippen LogP contribution < -0.4 is 16.2 Å². The van der Waals surface area contributed by atoms with E-state index in [1.54, 1.807) is 6.20 Å². The molecule has 0 unspecified atom stereocenters. The standard InChI is InChI=1S/C29H33ClN4O5S.C2H7N/c1-18-14-19(30)15-23(28(18)39-20-5-10-33(11-6-20)25(35)7-12-38-13-8-31)22-4-9-32-24-16-21(40-29(22)24)17-34-26(36)2-3-27(34)37;1-2-3/h4,9,14-16,20H,2-3,5-8,10-13,17,31H2,1H3;2-3H2,1H3. The fourth-order valence-corrected chi connectivity index (χ4v) is 6.62. The zero-order valence-electron chi connectivity index (χ0n) is 24.8. The summed E-state index contributed by atoms with van der Waals surface area (Å²) in [5.41, 5.74) is 13.8. The third kappa shape index (κ3) is 8.30. The van der Waals surface area contributed by atoms with Crippen molar-refractivity contribution in [3.63, 3.8) is 0 Å². The molecule has 43 heavy (non-hydrogen) atoms. The van der Waals surface area contributed by atoms with E-state index in [9.17, 15) is 14.4 Å². The third-order valence-electron chi connectivity index (χ3n) is 7.26. The van der Waals surface area contributed by atoms with E-state index in [1.807, 2.05) is 43.0 Å². The second kappa shape index (κ2) is 15.6. The van der Waals surface area contributed by atoms with Gasteiger partial charge in [-0.1, -0.05) is 18.5 Å². The summed E-state index contributed by atoms with van der Waals surface area (Å²) in [7, 11) is 0. The number of halogens is 1. The van der Waals surface area contributed by atoms with Gasteiger partial charge in [-0.05, 0) is 43.3 Å². The Labute approximate surface area is 261 Å². The minimum absolute atomic E-state index is 0.0421. The van der Waals surface area contributed by atoms with Gasteiger partial charge in [0.2, 0.25) is 17.7 Å². The van der Waals surface area contributed by atoms with E-state index in [-0.39, 0.29) is 43.2 Å². The number of fused-ring (bicyclic) bond motifs is 1. The number of likely N-dealkylation sites (tertiary alicyclic amines) is 2. The van der Waals surface area contributed by atoms with Gasteiger partial charge in [0.1, 0.15) is 11.9 Å². The Morgan fingerprint density at radius 3 is 2.47 bits per heavy atom. The van der Waals surface area contributed by atoms with E-state index in [1.165, 1.54) is 16.2 Å². The van der Waals surface area contributed by atoms with Crippen LogP contribution in [-0.2, 0) is 25.7 Å². The molecule has 2 aliphatic heterocycles. The molecule has 4 N–H and O–H groups in total. The second-order valence-corrected chi connectivity index (χ2v) is 12.1.